The van der Waals surface area contributed by atoms with Crippen molar-refractivity contribution in [3.8, 4) is 11.3 Å². The summed E-state index contributed by atoms with van der Waals surface area (Å²) in [6.45, 7) is 6.33. The van der Waals surface area contributed by atoms with E-state index in [9.17, 15) is 0 Å². The highest BCUT2D eigenvalue weighted by Crippen LogP contribution is 2.28. The van der Waals surface area contributed by atoms with Crippen molar-refractivity contribution in [3.63, 3.8) is 0 Å². The van der Waals surface area contributed by atoms with Crippen LogP contribution in [0, 0.1) is 0 Å². The number of nitrogens with zero attached hydrogens (tertiary/aromatic N) is 1. The number of hydrogen-bond donors (Lipinski definition) is 2. The number of rotatable bonds is 2. The molecular formula is C13H16BrN3. The summed E-state index contributed by atoms with van der Waals surface area (Å²) in [5, 5.41) is 10.6. The predicted octanol–water partition coefficient (Wildman–Crippen LogP) is 4.05. The minimum absolute atomic E-state index is 0.0143. The summed E-state index contributed by atoms with van der Waals surface area (Å²) in [5.74, 6) is 0.864. The number of benzene rings is 1. The lowest BCUT2D eigenvalue weighted by Gasteiger charge is -2.19. The van der Waals surface area contributed by atoms with Crippen LogP contribution in [0.5, 0.6) is 0 Å². The van der Waals surface area contributed by atoms with Gasteiger partial charge in [0.2, 0.25) is 0 Å². The molecule has 0 aliphatic rings. The Bertz CT molecular complexity index is 511. The number of hydrogen-bond acceptors (Lipinski definition) is 2. The van der Waals surface area contributed by atoms with Crippen molar-refractivity contribution < 1.29 is 0 Å². The molecule has 0 aliphatic heterocycles. The van der Waals surface area contributed by atoms with E-state index in [4.69, 9.17) is 0 Å². The lowest BCUT2D eigenvalue weighted by Crippen LogP contribution is -2.26. The van der Waals surface area contributed by atoms with E-state index in [2.05, 4.69) is 58.3 Å². The summed E-state index contributed by atoms with van der Waals surface area (Å²) in [5.41, 5.74) is 2.13. The molecule has 2 aromatic rings. The zero-order chi connectivity index (χ0) is 12.5. The van der Waals surface area contributed by atoms with Gasteiger partial charge in [0.1, 0.15) is 5.82 Å². The summed E-state index contributed by atoms with van der Waals surface area (Å²) in [6, 6.07) is 10.1. The molecule has 1 aromatic heterocycles. The fourth-order valence-electron chi connectivity index (χ4n) is 1.59. The van der Waals surface area contributed by atoms with E-state index >= 15 is 0 Å². The summed E-state index contributed by atoms with van der Waals surface area (Å²) < 4.78 is 1.06. The van der Waals surface area contributed by atoms with Crippen LogP contribution in [0.2, 0.25) is 0 Å². The van der Waals surface area contributed by atoms with Gasteiger partial charge in [0, 0.05) is 21.6 Å². The average Bonchev–Trinajstić information content (AvgIpc) is 2.64. The maximum Gasteiger partial charge on any atom is 0.148 e. The highest BCUT2D eigenvalue weighted by molar-refractivity contribution is 9.10. The van der Waals surface area contributed by atoms with E-state index < -0.39 is 0 Å². The van der Waals surface area contributed by atoms with Gasteiger partial charge in [-0.25, -0.2) is 0 Å². The molecule has 2 N–H and O–H groups in total. The Morgan fingerprint density at radius 3 is 2.59 bits per heavy atom. The van der Waals surface area contributed by atoms with Gasteiger partial charge in [0.05, 0.1) is 5.69 Å². The van der Waals surface area contributed by atoms with E-state index in [1.807, 2.05) is 24.3 Å². The lowest BCUT2D eigenvalue weighted by molar-refractivity contribution is 0.630. The van der Waals surface area contributed by atoms with Gasteiger partial charge in [0.15, 0.2) is 0 Å². The van der Waals surface area contributed by atoms with Crippen LogP contribution in [0.15, 0.2) is 34.8 Å². The number of nitrogens with one attached hydrogen (secondary N) is 2. The molecule has 90 valence electrons. The van der Waals surface area contributed by atoms with Gasteiger partial charge in [-0.3, -0.25) is 5.10 Å². The van der Waals surface area contributed by atoms with Crippen molar-refractivity contribution in [2.75, 3.05) is 5.32 Å². The van der Waals surface area contributed by atoms with Crippen molar-refractivity contribution >= 4 is 21.7 Å². The van der Waals surface area contributed by atoms with Crippen molar-refractivity contribution in [3.05, 3.63) is 34.8 Å². The fraction of sp³-hybridized carbons (Fsp3) is 0.308. The molecule has 1 aromatic carbocycles. The normalized spacial score (nSPS) is 11.5. The Hall–Kier alpha value is -1.29. The molecule has 0 atom stereocenters. The molecule has 3 nitrogen and oxygen atoms in total. The van der Waals surface area contributed by atoms with Crippen LogP contribution in [0.25, 0.3) is 11.3 Å². The Kier molecular flexibility index (Phi) is 3.24. The van der Waals surface area contributed by atoms with Crippen LogP contribution in [-0.4, -0.2) is 15.7 Å². The van der Waals surface area contributed by atoms with E-state index in [1.165, 1.54) is 0 Å². The monoisotopic (exact) mass is 293 g/mol. The molecule has 0 radical (unpaired) electrons. The third-order valence-corrected chi connectivity index (χ3v) is 2.94. The second kappa shape index (κ2) is 4.53. The zero-order valence-electron chi connectivity index (χ0n) is 10.2. The first-order valence-corrected chi connectivity index (χ1v) is 6.33. The topological polar surface area (TPSA) is 40.7 Å². The van der Waals surface area contributed by atoms with Crippen molar-refractivity contribution in [2.24, 2.45) is 0 Å². The fourth-order valence-corrected chi connectivity index (χ4v) is 2.09. The van der Waals surface area contributed by atoms with Crippen LogP contribution in [-0.2, 0) is 0 Å². The molecule has 0 aliphatic carbocycles. The number of halogens is 1. The third-order valence-electron chi connectivity index (χ3n) is 2.24. The Balaban J connectivity index is 2.28. The molecule has 0 spiro atoms. The molecule has 17 heavy (non-hydrogen) atoms. The van der Waals surface area contributed by atoms with E-state index in [0.29, 0.717) is 0 Å². The Morgan fingerprint density at radius 1 is 1.24 bits per heavy atom. The second-order valence-electron chi connectivity index (χ2n) is 5.02. The molecule has 0 saturated heterocycles. The molecule has 0 bridgehead atoms. The Morgan fingerprint density at radius 2 is 1.94 bits per heavy atom. The maximum atomic E-state index is 4.26. The molecule has 0 amide bonds. The maximum absolute atomic E-state index is 4.26. The first kappa shape index (κ1) is 12.2. The van der Waals surface area contributed by atoms with E-state index in [1.54, 1.807) is 0 Å². The number of aromatic nitrogens is 2. The molecule has 4 heteroatoms. The standard InChI is InChI=1S/C13H16BrN3/c1-13(2,3)15-12-8-11(16-17-12)9-6-4-5-7-10(9)14/h4-8H,1-3H3,(H2,15,16,17). The molecule has 1 heterocycles. The van der Waals surface area contributed by atoms with Crippen LogP contribution in [0.4, 0.5) is 5.82 Å². The minimum atomic E-state index is 0.0143. The molecule has 0 saturated carbocycles. The average molecular weight is 294 g/mol. The highest BCUT2D eigenvalue weighted by atomic mass is 79.9. The predicted molar refractivity (Wildman–Crippen MR) is 75.1 cm³/mol. The van der Waals surface area contributed by atoms with Crippen molar-refractivity contribution in [2.45, 2.75) is 26.3 Å². The van der Waals surface area contributed by atoms with E-state index in [0.717, 1.165) is 21.5 Å². The number of H-pyrrole nitrogens is 1. The molecule has 0 fully saturated rings. The summed E-state index contributed by atoms with van der Waals surface area (Å²) >= 11 is 3.54. The quantitative estimate of drug-likeness (QED) is 0.877. The van der Waals surface area contributed by atoms with Crippen LogP contribution >= 0.6 is 15.9 Å². The van der Waals surface area contributed by atoms with Crippen LogP contribution in [0.1, 0.15) is 20.8 Å². The lowest BCUT2D eigenvalue weighted by atomic mass is 10.1. The van der Waals surface area contributed by atoms with Gasteiger partial charge >= 0.3 is 0 Å². The summed E-state index contributed by atoms with van der Waals surface area (Å²) in [6.07, 6.45) is 0. The molecule has 2 rings (SSSR count). The first-order valence-electron chi connectivity index (χ1n) is 5.54. The smallest absolute Gasteiger partial charge is 0.148 e. The summed E-state index contributed by atoms with van der Waals surface area (Å²) in [4.78, 5) is 0. The largest absolute Gasteiger partial charge is 0.364 e. The van der Waals surface area contributed by atoms with Crippen LogP contribution < -0.4 is 5.32 Å². The van der Waals surface area contributed by atoms with Gasteiger partial charge in [-0.05, 0) is 26.8 Å². The van der Waals surface area contributed by atoms with E-state index in [-0.39, 0.29) is 5.54 Å². The number of anilines is 1. The zero-order valence-corrected chi connectivity index (χ0v) is 11.8. The second-order valence-corrected chi connectivity index (χ2v) is 5.88. The van der Waals surface area contributed by atoms with Gasteiger partial charge in [-0.1, -0.05) is 34.1 Å². The van der Waals surface area contributed by atoms with Gasteiger partial charge in [0.25, 0.3) is 0 Å². The third kappa shape index (κ3) is 3.09. The van der Waals surface area contributed by atoms with Crippen molar-refractivity contribution in [1.82, 2.24) is 10.2 Å². The van der Waals surface area contributed by atoms with Crippen LogP contribution in [0.3, 0.4) is 0 Å². The summed E-state index contributed by atoms with van der Waals surface area (Å²) in [7, 11) is 0. The first-order chi connectivity index (χ1) is 7.96. The van der Waals surface area contributed by atoms with Gasteiger partial charge < -0.3 is 5.32 Å². The highest BCUT2D eigenvalue weighted by Gasteiger charge is 2.12. The van der Waals surface area contributed by atoms with Gasteiger partial charge in [-0.2, -0.15) is 5.10 Å². The van der Waals surface area contributed by atoms with Gasteiger partial charge in [-0.15, -0.1) is 0 Å². The van der Waals surface area contributed by atoms with Crippen molar-refractivity contribution in [1.29, 1.82) is 0 Å². The molecular weight excluding hydrogens is 278 g/mol. The molecule has 0 unspecified atom stereocenters. The number of aromatic amines is 1. The minimum Gasteiger partial charge on any atom is -0.364 e. The SMILES string of the molecule is CC(C)(C)Nc1cc(-c2ccccc2Br)[nH]n1. The Labute approximate surface area is 110 Å².